The second-order valence-corrected chi connectivity index (χ2v) is 4.27. The van der Waals surface area contributed by atoms with Crippen molar-refractivity contribution >= 4 is 11.4 Å². The van der Waals surface area contributed by atoms with E-state index in [1.54, 1.807) is 18.0 Å². The number of hydrogen-bond donors (Lipinski definition) is 0. The molecule has 0 spiro atoms. The monoisotopic (exact) mass is 258 g/mol. The quantitative estimate of drug-likeness (QED) is 0.816. The maximum atomic E-state index is 13.9. The molecule has 0 aliphatic carbocycles. The van der Waals surface area contributed by atoms with Crippen LogP contribution in [0.1, 0.15) is 11.1 Å². The Morgan fingerprint density at radius 2 is 1.63 bits per heavy atom. The third-order valence-corrected chi connectivity index (χ3v) is 2.97. The molecule has 96 valence electrons. The second-order valence-electron chi connectivity index (χ2n) is 4.27. The largest absolute Gasteiger partial charge is 0.342 e. The SMILES string of the molecule is Cc1ccc(N(C)c2ccc(C#N)c(F)c2F)cc1. The summed E-state index contributed by atoms with van der Waals surface area (Å²) in [6, 6.07) is 11.7. The van der Waals surface area contributed by atoms with Crippen molar-refractivity contribution in [3.05, 3.63) is 59.2 Å². The van der Waals surface area contributed by atoms with E-state index in [0.717, 1.165) is 11.3 Å². The molecule has 0 radical (unpaired) electrons. The van der Waals surface area contributed by atoms with Gasteiger partial charge in [0, 0.05) is 12.7 Å². The second kappa shape index (κ2) is 5.07. The lowest BCUT2D eigenvalue weighted by Gasteiger charge is -2.20. The fourth-order valence-corrected chi connectivity index (χ4v) is 1.79. The molecule has 2 aromatic carbocycles. The van der Waals surface area contributed by atoms with Gasteiger partial charge in [-0.25, -0.2) is 8.78 Å². The van der Waals surface area contributed by atoms with E-state index in [2.05, 4.69) is 0 Å². The van der Waals surface area contributed by atoms with Gasteiger partial charge in [0.1, 0.15) is 6.07 Å². The van der Waals surface area contributed by atoms with Crippen molar-refractivity contribution in [3.8, 4) is 6.07 Å². The Kier molecular flexibility index (Phi) is 3.48. The van der Waals surface area contributed by atoms with Crippen molar-refractivity contribution in [2.45, 2.75) is 6.92 Å². The summed E-state index contributed by atoms with van der Waals surface area (Å²) in [5.74, 6) is -2.12. The van der Waals surface area contributed by atoms with Crippen LogP contribution < -0.4 is 4.90 Å². The molecule has 2 nitrogen and oxygen atoms in total. The Morgan fingerprint density at radius 3 is 2.21 bits per heavy atom. The summed E-state index contributed by atoms with van der Waals surface area (Å²) in [6.45, 7) is 1.95. The molecule has 0 bridgehead atoms. The van der Waals surface area contributed by atoms with E-state index in [1.807, 2.05) is 31.2 Å². The number of nitriles is 1. The van der Waals surface area contributed by atoms with Crippen molar-refractivity contribution in [2.24, 2.45) is 0 Å². The Labute approximate surface area is 110 Å². The van der Waals surface area contributed by atoms with E-state index >= 15 is 0 Å². The van der Waals surface area contributed by atoms with Gasteiger partial charge in [-0.15, -0.1) is 0 Å². The highest BCUT2D eigenvalue weighted by Gasteiger charge is 2.16. The molecule has 0 aliphatic rings. The average Bonchev–Trinajstić information content (AvgIpc) is 2.42. The third kappa shape index (κ3) is 2.41. The smallest absolute Gasteiger partial charge is 0.183 e. The van der Waals surface area contributed by atoms with Crippen molar-refractivity contribution in [1.29, 1.82) is 5.26 Å². The number of rotatable bonds is 2. The van der Waals surface area contributed by atoms with Gasteiger partial charge in [0.15, 0.2) is 11.6 Å². The third-order valence-electron chi connectivity index (χ3n) is 2.97. The van der Waals surface area contributed by atoms with Crippen LogP contribution in [-0.4, -0.2) is 7.05 Å². The highest BCUT2D eigenvalue weighted by molar-refractivity contribution is 5.64. The lowest BCUT2D eigenvalue weighted by molar-refractivity contribution is 0.507. The first kappa shape index (κ1) is 13.0. The fraction of sp³-hybridized carbons (Fsp3) is 0.133. The van der Waals surface area contributed by atoms with E-state index < -0.39 is 11.6 Å². The molecule has 0 aromatic heterocycles. The normalized spacial score (nSPS) is 10.1. The van der Waals surface area contributed by atoms with Gasteiger partial charge in [-0.2, -0.15) is 5.26 Å². The number of nitrogens with zero attached hydrogens (tertiary/aromatic N) is 2. The van der Waals surface area contributed by atoms with Gasteiger partial charge in [0.25, 0.3) is 0 Å². The Bertz CT molecular complexity index is 642. The molecule has 0 atom stereocenters. The van der Waals surface area contributed by atoms with Crippen molar-refractivity contribution in [1.82, 2.24) is 0 Å². The summed E-state index contributed by atoms with van der Waals surface area (Å²) in [4.78, 5) is 1.54. The molecule has 0 aliphatic heterocycles. The standard InChI is InChI=1S/C15H12F2N2/c1-10-3-6-12(7-4-10)19(2)13-8-5-11(9-18)14(16)15(13)17/h3-8H,1-2H3. The Hall–Kier alpha value is -2.41. The Balaban J connectivity index is 2.45. The van der Waals surface area contributed by atoms with Crippen LogP contribution in [0.3, 0.4) is 0 Å². The molecule has 19 heavy (non-hydrogen) atoms. The predicted molar refractivity (Wildman–Crippen MR) is 70.3 cm³/mol. The molecule has 4 heteroatoms. The van der Waals surface area contributed by atoms with Gasteiger partial charge < -0.3 is 4.90 Å². The van der Waals surface area contributed by atoms with Gasteiger partial charge in [0.2, 0.25) is 0 Å². The number of halogens is 2. The Morgan fingerprint density at radius 1 is 1.00 bits per heavy atom. The van der Waals surface area contributed by atoms with E-state index in [9.17, 15) is 8.78 Å². The van der Waals surface area contributed by atoms with E-state index in [0.29, 0.717) is 0 Å². The maximum Gasteiger partial charge on any atom is 0.183 e. The first-order valence-electron chi connectivity index (χ1n) is 5.73. The summed E-state index contributed by atoms with van der Waals surface area (Å²) in [5.41, 5.74) is 1.64. The van der Waals surface area contributed by atoms with Crippen molar-refractivity contribution < 1.29 is 8.78 Å². The molecule has 0 saturated heterocycles. The maximum absolute atomic E-state index is 13.9. The number of benzene rings is 2. The van der Waals surface area contributed by atoms with E-state index in [1.165, 1.54) is 12.1 Å². The molecule has 0 saturated carbocycles. The predicted octanol–water partition coefficient (Wildman–Crippen LogP) is 3.91. The molecule has 0 heterocycles. The molecular formula is C15H12F2N2. The van der Waals surface area contributed by atoms with Crippen LogP contribution in [0.2, 0.25) is 0 Å². The zero-order chi connectivity index (χ0) is 14.0. The summed E-state index contributed by atoms with van der Waals surface area (Å²) < 4.78 is 27.5. The molecule has 0 N–H and O–H groups in total. The van der Waals surface area contributed by atoms with Crippen molar-refractivity contribution in [2.75, 3.05) is 11.9 Å². The van der Waals surface area contributed by atoms with Crippen LogP contribution >= 0.6 is 0 Å². The molecule has 2 rings (SSSR count). The lowest BCUT2D eigenvalue weighted by Crippen LogP contribution is -2.12. The average molecular weight is 258 g/mol. The van der Waals surface area contributed by atoms with Gasteiger partial charge in [0.05, 0.1) is 11.3 Å². The number of anilines is 2. The van der Waals surface area contributed by atoms with Crippen LogP contribution in [0.4, 0.5) is 20.2 Å². The topological polar surface area (TPSA) is 27.0 Å². The zero-order valence-corrected chi connectivity index (χ0v) is 10.6. The molecular weight excluding hydrogens is 246 g/mol. The minimum atomic E-state index is -1.11. The van der Waals surface area contributed by atoms with Crippen LogP contribution in [0.5, 0.6) is 0 Å². The molecule has 0 fully saturated rings. The summed E-state index contributed by atoms with van der Waals surface area (Å²) in [7, 11) is 1.65. The van der Waals surface area contributed by atoms with Gasteiger partial charge in [-0.3, -0.25) is 0 Å². The lowest BCUT2D eigenvalue weighted by atomic mass is 10.1. The van der Waals surface area contributed by atoms with Crippen LogP contribution in [0.25, 0.3) is 0 Å². The highest BCUT2D eigenvalue weighted by Crippen LogP contribution is 2.28. The summed E-state index contributed by atoms with van der Waals surface area (Å²) in [6.07, 6.45) is 0. The zero-order valence-electron chi connectivity index (χ0n) is 10.6. The molecule has 0 unspecified atom stereocenters. The first-order chi connectivity index (χ1) is 9.04. The van der Waals surface area contributed by atoms with E-state index in [-0.39, 0.29) is 11.3 Å². The first-order valence-corrected chi connectivity index (χ1v) is 5.73. The number of hydrogen-bond acceptors (Lipinski definition) is 2. The van der Waals surface area contributed by atoms with Crippen LogP contribution in [-0.2, 0) is 0 Å². The van der Waals surface area contributed by atoms with Gasteiger partial charge >= 0.3 is 0 Å². The van der Waals surface area contributed by atoms with E-state index in [4.69, 9.17) is 5.26 Å². The highest BCUT2D eigenvalue weighted by atomic mass is 19.2. The fourth-order valence-electron chi connectivity index (χ4n) is 1.79. The van der Waals surface area contributed by atoms with Crippen LogP contribution in [0, 0.1) is 29.9 Å². The van der Waals surface area contributed by atoms with Gasteiger partial charge in [-0.1, -0.05) is 17.7 Å². The minimum Gasteiger partial charge on any atom is -0.342 e. The minimum absolute atomic E-state index is 0.0975. The van der Waals surface area contributed by atoms with Gasteiger partial charge in [-0.05, 0) is 31.2 Å². The summed E-state index contributed by atoms with van der Waals surface area (Å²) in [5, 5.41) is 8.65. The number of aryl methyl sites for hydroxylation is 1. The molecule has 2 aromatic rings. The van der Waals surface area contributed by atoms with Crippen LogP contribution in [0.15, 0.2) is 36.4 Å². The molecule has 0 amide bonds. The van der Waals surface area contributed by atoms with Crippen molar-refractivity contribution in [3.63, 3.8) is 0 Å². The summed E-state index contributed by atoms with van der Waals surface area (Å²) >= 11 is 0.